The first-order chi connectivity index (χ1) is 13.1. The predicted octanol–water partition coefficient (Wildman–Crippen LogP) is 3.15. The van der Waals surface area contributed by atoms with Gasteiger partial charge in [0.2, 0.25) is 5.88 Å². The molecule has 140 valence electrons. The van der Waals surface area contributed by atoms with Crippen molar-refractivity contribution in [2.45, 2.75) is 13.0 Å². The average molecular weight is 367 g/mol. The third-order valence-electron chi connectivity index (χ3n) is 4.26. The first-order valence-corrected chi connectivity index (χ1v) is 8.41. The van der Waals surface area contributed by atoms with E-state index in [0.717, 1.165) is 22.1 Å². The van der Waals surface area contributed by atoms with Gasteiger partial charge in [0.1, 0.15) is 11.4 Å². The Kier molecular flexibility index (Phi) is 5.40. The van der Waals surface area contributed by atoms with Crippen molar-refractivity contribution in [3.05, 3.63) is 53.7 Å². The molecule has 0 saturated heterocycles. The first kappa shape index (κ1) is 18.4. The number of nitrogens with one attached hydrogen (secondary N) is 1. The van der Waals surface area contributed by atoms with E-state index in [1.54, 1.807) is 7.11 Å². The molecule has 0 spiro atoms. The van der Waals surface area contributed by atoms with E-state index in [1.165, 1.54) is 20.3 Å². The lowest BCUT2D eigenvalue weighted by Gasteiger charge is -2.18. The first-order valence-electron chi connectivity index (χ1n) is 8.41. The SMILES string of the molecule is COc1cc(C(=O)N[C@@H](C)c2ccc(OC)c3ccccc23)nc(OC)n1. The number of aromatic nitrogens is 2. The monoisotopic (exact) mass is 367 g/mol. The Bertz CT molecular complexity index is 952. The number of fused-ring (bicyclic) bond motifs is 1. The van der Waals surface area contributed by atoms with E-state index in [-0.39, 0.29) is 29.5 Å². The number of hydrogen-bond donors (Lipinski definition) is 1. The Balaban J connectivity index is 1.91. The number of nitrogens with zero attached hydrogens (tertiary/aromatic N) is 2. The summed E-state index contributed by atoms with van der Waals surface area (Å²) in [6.45, 7) is 1.92. The Morgan fingerprint density at radius 3 is 2.37 bits per heavy atom. The summed E-state index contributed by atoms with van der Waals surface area (Å²) in [6.07, 6.45) is 0. The second-order valence-corrected chi connectivity index (χ2v) is 5.88. The van der Waals surface area contributed by atoms with E-state index >= 15 is 0 Å². The van der Waals surface area contributed by atoms with Gasteiger partial charge in [-0.25, -0.2) is 0 Å². The third-order valence-corrected chi connectivity index (χ3v) is 4.26. The molecule has 3 aromatic rings. The molecule has 27 heavy (non-hydrogen) atoms. The van der Waals surface area contributed by atoms with Crippen LogP contribution in [0.5, 0.6) is 17.6 Å². The molecule has 0 unspecified atom stereocenters. The van der Waals surface area contributed by atoms with Crippen LogP contribution in [0.4, 0.5) is 0 Å². The molecule has 0 aliphatic carbocycles. The van der Waals surface area contributed by atoms with Crippen LogP contribution in [-0.4, -0.2) is 37.2 Å². The molecule has 1 N–H and O–H groups in total. The maximum absolute atomic E-state index is 12.7. The van der Waals surface area contributed by atoms with Crippen LogP contribution in [0.15, 0.2) is 42.5 Å². The second-order valence-electron chi connectivity index (χ2n) is 5.88. The van der Waals surface area contributed by atoms with Gasteiger partial charge < -0.3 is 19.5 Å². The smallest absolute Gasteiger partial charge is 0.320 e. The standard InChI is InChI=1S/C20H21N3O4/c1-12(13-9-10-17(25-2)15-8-6-5-7-14(13)15)21-19(24)16-11-18(26-3)23-20(22-16)27-4/h5-12H,1-4H3,(H,21,24)/t12-/m0/s1. The van der Waals surface area contributed by atoms with Crippen molar-refractivity contribution in [2.75, 3.05) is 21.3 Å². The number of methoxy groups -OCH3 is 3. The fourth-order valence-electron chi connectivity index (χ4n) is 2.91. The van der Waals surface area contributed by atoms with Crippen molar-refractivity contribution in [3.8, 4) is 17.6 Å². The molecule has 2 aromatic carbocycles. The van der Waals surface area contributed by atoms with Gasteiger partial charge in [0.05, 0.1) is 27.4 Å². The van der Waals surface area contributed by atoms with Gasteiger partial charge in [0, 0.05) is 11.5 Å². The lowest BCUT2D eigenvalue weighted by Crippen LogP contribution is -2.27. The summed E-state index contributed by atoms with van der Waals surface area (Å²) in [7, 11) is 4.54. The van der Waals surface area contributed by atoms with Crippen molar-refractivity contribution >= 4 is 16.7 Å². The maximum atomic E-state index is 12.7. The van der Waals surface area contributed by atoms with Crippen molar-refractivity contribution in [2.24, 2.45) is 0 Å². The minimum atomic E-state index is -0.346. The molecule has 0 radical (unpaired) electrons. The lowest BCUT2D eigenvalue weighted by atomic mass is 9.99. The van der Waals surface area contributed by atoms with Crippen LogP contribution in [0, 0.1) is 0 Å². The zero-order valence-corrected chi connectivity index (χ0v) is 15.6. The number of amides is 1. The van der Waals surface area contributed by atoms with Crippen molar-refractivity contribution in [1.82, 2.24) is 15.3 Å². The molecule has 1 amide bonds. The summed E-state index contributed by atoms with van der Waals surface area (Å²) in [5.74, 6) is 0.703. The van der Waals surface area contributed by atoms with Gasteiger partial charge >= 0.3 is 6.01 Å². The number of carbonyl (C=O) groups is 1. The number of benzene rings is 2. The van der Waals surface area contributed by atoms with Crippen LogP contribution in [0.3, 0.4) is 0 Å². The molecule has 7 nitrogen and oxygen atoms in total. The van der Waals surface area contributed by atoms with Crippen LogP contribution in [0.1, 0.15) is 29.0 Å². The number of hydrogen-bond acceptors (Lipinski definition) is 6. The van der Waals surface area contributed by atoms with E-state index in [0.29, 0.717) is 0 Å². The summed E-state index contributed by atoms with van der Waals surface area (Å²) in [4.78, 5) is 20.8. The fourth-order valence-corrected chi connectivity index (χ4v) is 2.91. The normalized spacial score (nSPS) is 11.7. The number of ether oxygens (including phenoxy) is 3. The lowest BCUT2D eigenvalue weighted by molar-refractivity contribution is 0.0933. The quantitative estimate of drug-likeness (QED) is 0.721. The predicted molar refractivity (Wildman–Crippen MR) is 102 cm³/mol. The molecule has 1 atom stereocenters. The minimum absolute atomic E-state index is 0.0713. The highest BCUT2D eigenvalue weighted by Gasteiger charge is 2.18. The van der Waals surface area contributed by atoms with E-state index in [9.17, 15) is 4.79 Å². The van der Waals surface area contributed by atoms with Gasteiger partial charge in [-0.05, 0) is 23.9 Å². The molecule has 3 rings (SSSR count). The van der Waals surface area contributed by atoms with Crippen LogP contribution < -0.4 is 19.5 Å². The summed E-state index contributed by atoms with van der Waals surface area (Å²) in [5, 5.41) is 4.97. The van der Waals surface area contributed by atoms with Crippen LogP contribution in [0.2, 0.25) is 0 Å². The molecule has 0 saturated carbocycles. The summed E-state index contributed by atoms with van der Waals surface area (Å²) < 4.78 is 15.6. The van der Waals surface area contributed by atoms with Crippen LogP contribution >= 0.6 is 0 Å². The molecular weight excluding hydrogens is 346 g/mol. The molecular formula is C20H21N3O4. The van der Waals surface area contributed by atoms with Crippen molar-refractivity contribution in [3.63, 3.8) is 0 Å². The van der Waals surface area contributed by atoms with Gasteiger partial charge in [-0.15, -0.1) is 0 Å². The molecule has 7 heteroatoms. The molecule has 0 aliphatic heterocycles. The van der Waals surface area contributed by atoms with Gasteiger partial charge in [-0.3, -0.25) is 4.79 Å². The summed E-state index contributed by atoms with van der Waals surface area (Å²) >= 11 is 0. The highest BCUT2D eigenvalue weighted by Crippen LogP contribution is 2.31. The van der Waals surface area contributed by atoms with Crippen LogP contribution in [0.25, 0.3) is 10.8 Å². The van der Waals surface area contributed by atoms with Crippen LogP contribution in [-0.2, 0) is 0 Å². The Morgan fingerprint density at radius 1 is 0.963 bits per heavy atom. The summed E-state index contributed by atoms with van der Waals surface area (Å²) in [5.41, 5.74) is 1.15. The Labute approximate surface area is 157 Å². The Morgan fingerprint density at radius 2 is 1.70 bits per heavy atom. The maximum Gasteiger partial charge on any atom is 0.320 e. The number of rotatable bonds is 6. The highest BCUT2D eigenvalue weighted by molar-refractivity contribution is 5.94. The number of carbonyl (C=O) groups excluding carboxylic acids is 1. The van der Waals surface area contributed by atoms with Gasteiger partial charge in [-0.2, -0.15) is 9.97 Å². The van der Waals surface area contributed by atoms with E-state index < -0.39 is 0 Å². The molecule has 0 fully saturated rings. The van der Waals surface area contributed by atoms with E-state index in [4.69, 9.17) is 14.2 Å². The second kappa shape index (κ2) is 7.90. The Hall–Kier alpha value is -3.35. The zero-order chi connectivity index (χ0) is 19.4. The molecule has 1 heterocycles. The topological polar surface area (TPSA) is 82.6 Å². The van der Waals surface area contributed by atoms with Gasteiger partial charge in [0.25, 0.3) is 5.91 Å². The van der Waals surface area contributed by atoms with Gasteiger partial charge in [0.15, 0.2) is 0 Å². The van der Waals surface area contributed by atoms with E-state index in [2.05, 4.69) is 15.3 Å². The van der Waals surface area contributed by atoms with Crippen molar-refractivity contribution < 1.29 is 19.0 Å². The average Bonchev–Trinajstić information content (AvgIpc) is 2.72. The zero-order valence-electron chi connectivity index (χ0n) is 15.6. The molecule has 0 bridgehead atoms. The highest BCUT2D eigenvalue weighted by atomic mass is 16.5. The van der Waals surface area contributed by atoms with Gasteiger partial charge in [-0.1, -0.05) is 30.3 Å². The van der Waals surface area contributed by atoms with Crippen molar-refractivity contribution in [1.29, 1.82) is 0 Å². The fraction of sp³-hybridized carbons (Fsp3) is 0.250. The molecule has 1 aromatic heterocycles. The largest absolute Gasteiger partial charge is 0.496 e. The molecule has 0 aliphatic rings. The minimum Gasteiger partial charge on any atom is -0.496 e. The van der Waals surface area contributed by atoms with E-state index in [1.807, 2.05) is 43.3 Å². The summed E-state index contributed by atoms with van der Waals surface area (Å²) in [6, 6.07) is 13.1. The third kappa shape index (κ3) is 3.76.